The smallest absolute Gasteiger partial charge is 0.216 e. The number of methoxy groups -OCH3 is 1. The average Bonchev–Trinajstić information content (AvgIpc) is 2.39. The number of ether oxygens (including phenoxy) is 1. The van der Waals surface area contributed by atoms with Gasteiger partial charge in [-0.05, 0) is 18.8 Å². The number of hydrogen-bond donors (Lipinski definition) is 0. The third-order valence-corrected chi connectivity index (χ3v) is 3.73. The van der Waals surface area contributed by atoms with E-state index in [1.807, 2.05) is 0 Å². The maximum absolute atomic E-state index is 12.2. The molecule has 0 radical (unpaired) electrons. The summed E-state index contributed by atoms with van der Waals surface area (Å²) in [7, 11) is 1.57. The van der Waals surface area contributed by atoms with Crippen molar-refractivity contribution in [1.29, 1.82) is 0 Å². The van der Waals surface area contributed by atoms with Gasteiger partial charge in [-0.15, -0.1) is 0 Å². The van der Waals surface area contributed by atoms with Crippen LogP contribution >= 0.6 is 0 Å². The van der Waals surface area contributed by atoms with E-state index < -0.39 is 0 Å². The Morgan fingerprint density at radius 2 is 2.06 bits per heavy atom. The fourth-order valence-electron chi connectivity index (χ4n) is 2.49. The predicted octanol–water partition coefficient (Wildman–Crippen LogP) is 2.42. The van der Waals surface area contributed by atoms with Crippen LogP contribution in [0.5, 0.6) is 5.88 Å². The van der Waals surface area contributed by atoms with Crippen LogP contribution in [0.25, 0.3) is 0 Å². The zero-order valence-electron chi connectivity index (χ0n) is 11.1. The molecule has 0 N–H and O–H groups in total. The Kier molecular flexibility index (Phi) is 4.28. The van der Waals surface area contributed by atoms with Crippen molar-refractivity contribution in [2.75, 3.05) is 7.11 Å². The third-order valence-electron chi connectivity index (χ3n) is 3.73. The number of hydrogen-bond acceptors (Lipinski definition) is 4. The van der Waals surface area contributed by atoms with Crippen molar-refractivity contribution in [1.82, 2.24) is 9.97 Å². The van der Waals surface area contributed by atoms with E-state index in [1.165, 1.54) is 19.2 Å². The van der Waals surface area contributed by atoms with Gasteiger partial charge in [-0.2, -0.15) is 0 Å². The van der Waals surface area contributed by atoms with E-state index in [9.17, 15) is 4.79 Å². The Morgan fingerprint density at radius 1 is 1.33 bits per heavy atom. The monoisotopic (exact) mass is 248 g/mol. The topological polar surface area (TPSA) is 52.1 Å². The molecular weight excluding hydrogens is 228 g/mol. The number of Topliss-reactive ketones (excluding diaryl/α,β-unsaturated/α-hetero) is 1. The van der Waals surface area contributed by atoms with Crippen LogP contribution in [0.15, 0.2) is 12.4 Å². The van der Waals surface area contributed by atoms with E-state index in [4.69, 9.17) is 4.74 Å². The van der Waals surface area contributed by atoms with Gasteiger partial charge < -0.3 is 4.74 Å². The quantitative estimate of drug-likeness (QED) is 0.821. The van der Waals surface area contributed by atoms with E-state index in [2.05, 4.69) is 16.9 Å². The van der Waals surface area contributed by atoms with E-state index in [0.717, 1.165) is 24.5 Å². The normalized spacial score (nSPS) is 23.7. The molecule has 1 aromatic heterocycles. The van der Waals surface area contributed by atoms with Crippen molar-refractivity contribution in [2.45, 2.75) is 39.0 Å². The summed E-state index contributed by atoms with van der Waals surface area (Å²) in [6.45, 7) is 2.26. The molecule has 0 unspecified atom stereocenters. The molecular formula is C14H20N2O2. The molecule has 0 aliphatic heterocycles. The molecule has 1 fully saturated rings. The highest BCUT2D eigenvalue weighted by molar-refractivity contribution is 5.83. The molecule has 4 heteroatoms. The molecule has 1 heterocycles. The maximum atomic E-state index is 12.2. The van der Waals surface area contributed by atoms with Crippen molar-refractivity contribution in [3.63, 3.8) is 0 Å². The van der Waals surface area contributed by atoms with Gasteiger partial charge in [0.1, 0.15) is 12.1 Å². The fourth-order valence-corrected chi connectivity index (χ4v) is 2.49. The van der Waals surface area contributed by atoms with Crippen LogP contribution in [0, 0.1) is 11.8 Å². The minimum atomic E-state index is 0.224. The molecule has 4 nitrogen and oxygen atoms in total. The average molecular weight is 248 g/mol. The van der Waals surface area contributed by atoms with E-state index in [1.54, 1.807) is 13.2 Å². The lowest BCUT2D eigenvalue weighted by Crippen LogP contribution is -2.22. The number of rotatable bonds is 4. The number of aromatic nitrogens is 2. The van der Waals surface area contributed by atoms with Gasteiger partial charge in [0.25, 0.3) is 0 Å². The highest BCUT2D eigenvalue weighted by Crippen LogP contribution is 2.29. The van der Waals surface area contributed by atoms with Gasteiger partial charge >= 0.3 is 0 Å². The summed E-state index contributed by atoms with van der Waals surface area (Å²) in [4.78, 5) is 20.2. The highest BCUT2D eigenvalue weighted by Gasteiger charge is 2.24. The summed E-state index contributed by atoms with van der Waals surface area (Å²) in [6.07, 6.45) is 6.25. The molecule has 0 amide bonds. The van der Waals surface area contributed by atoms with Gasteiger partial charge in [-0.3, -0.25) is 4.79 Å². The molecule has 1 saturated carbocycles. The zero-order chi connectivity index (χ0) is 13.0. The second kappa shape index (κ2) is 5.94. The minimum absolute atomic E-state index is 0.224. The standard InChI is InChI=1S/C14H20N2O2/c1-10-3-5-11(6-4-10)13(17)7-12-8-14(18-2)16-9-15-12/h8-11H,3-7H2,1-2H3. The van der Waals surface area contributed by atoms with Crippen molar-refractivity contribution in [3.05, 3.63) is 18.1 Å². The Labute approximate surface area is 108 Å². The first-order chi connectivity index (χ1) is 8.69. The lowest BCUT2D eigenvalue weighted by atomic mass is 9.80. The Morgan fingerprint density at radius 3 is 2.72 bits per heavy atom. The highest BCUT2D eigenvalue weighted by atomic mass is 16.5. The summed E-state index contributed by atoms with van der Waals surface area (Å²) < 4.78 is 5.03. The number of carbonyl (C=O) groups is 1. The lowest BCUT2D eigenvalue weighted by molar-refractivity contribution is -0.123. The SMILES string of the molecule is COc1cc(CC(=O)C2CCC(C)CC2)ncn1. The fraction of sp³-hybridized carbons (Fsp3) is 0.643. The molecule has 1 aliphatic rings. The summed E-state index contributed by atoms with van der Waals surface area (Å²) >= 11 is 0. The summed E-state index contributed by atoms with van der Waals surface area (Å²) in [5.74, 6) is 1.82. The molecule has 18 heavy (non-hydrogen) atoms. The van der Waals surface area contributed by atoms with Crippen molar-refractivity contribution < 1.29 is 9.53 Å². The minimum Gasteiger partial charge on any atom is -0.481 e. The second-order valence-electron chi connectivity index (χ2n) is 5.15. The summed E-state index contributed by atoms with van der Waals surface area (Å²) in [5.41, 5.74) is 0.755. The number of ketones is 1. The first-order valence-corrected chi connectivity index (χ1v) is 6.56. The zero-order valence-corrected chi connectivity index (χ0v) is 11.1. The molecule has 2 rings (SSSR count). The van der Waals surface area contributed by atoms with Crippen LogP contribution in [-0.4, -0.2) is 22.9 Å². The van der Waals surface area contributed by atoms with Gasteiger partial charge in [0.2, 0.25) is 5.88 Å². The molecule has 0 aromatic carbocycles. The van der Waals surface area contributed by atoms with Gasteiger partial charge in [-0.25, -0.2) is 9.97 Å². The first kappa shape index (κ1) is 13.0. The Hall–Kier alpha value is -1.45. The summed E-state index contributed by atoms with van der Waals surface area (Å²) in [5, 5.41) is 0. The molecule has 0 bridgehead atoms. The van der Waals surface area contributed by atoms with Crippen LogP contribution in [-0.2, 0) is 11.2 Å². The van der Waals surface area contributed by atoms with Crippen molar-refractivity contribution in [2.24, 2.45) is 11.8 Å². The second-order valence-corrected chi connectivity index (χ2v) is 5.15. The van der Waals surface area contributed by atoms with Crippen LogP contribution < -0.4 is 4.74 Å². The predicted molar refractivity (Wildman–Crippen MR) is 68.4 cm³/mol. The lowest BCUT2D eigenvalue weighted by Gasteiger charge is -2.24. The molecule has 1 aromatic rings. The number of nitrogens with zero attached hydrogens (tertiary/aromatic N) is 2. The van der Waals surface area contributed by atoms with Crippen molar-refractivity contribution in [3.8, 4) is 5.88 Å². The van der Waals surface area contributed by atoms with Crippen LogP contribution in [0.2, 0.25) is 0 Å². The van der Waals surface area contributed by atoms with Crippen LogP contribution in [0.4, 0.5) is 0 Å². The Bertz CT molecular complexity index is 412. The van der Waals surface area contributed by atoms with E-state index in [-0.39, 0.29) is 5.92 Å². The van der Waals surface area contributed by atoms with E-state index in [0.29, 0.717) is 18.1 Å². The van der Waals surface area contributed by atoms with Gasteiger partial charge in [0.05, 0.1) is 12.8 Å². The van der Waals surface area contributed by atoms with Gasteiger partial charge in [0.15, 0.2) is 0 Å². The maximum Gasteiger partial charge on any atom is 0.216 e. The molecule has 0 saturated heterocycles. The largest absolute Gasteiger partial charge is 0.481 e. The van der Waals surface area contributed by atoms with Gasteiger partial charge in [0, 0.05) is 18.4 Å². The third kappa shape index (κ3) is 3.28. The molecule has 0 spiro atoms. The molecule has 0 atom stereocenters. The van der Waals surface area contributed by atoms with E-state index >= 15 is 0 Å². The van der Waals surface area contributed by atoms with Crippen LogP contribution in [0.1, 0.15) is 38.3 Å². The molecule has 98 valence electrons. The van der Waals surface area contributed by atoms with Crippen LogP contribution in [0.3, 0.4) is 0 Å². The first-order valence-electron chi connectivity index (χ1n) is 6.56. The number of carbonyl (C=O) groups excluding carboxylic acids is 1. The Balaban J connectivity index is 1.94. The summed E-state index contributed by atoms with van der Waals surface area (Å²) in [6, 6.07) is 1.74. The molecule has 1 aliphatic carbocycles. The van der Waals surface area contributed by atoms with Gasteiger partial charge in [-0.1, -0.05) is 19.8 Å². The van der Waals surface area contributed by atoms with Crippen molar-refractivity contribution >= 4 is 5.78 Å².